The van der Waals surface area contributed by atoms with Gasteiger partial charge in [0.15, 0.2) is 0 Å². The second-order valence-electron chi connectivity index (χ2n) is 6.41. The Morgan fingerprint density at radius 3 is 2.56 bits per heavy atom. The Balaban J connectivity index is 1.41. The third kappa shape index (κ3) is 1.56. The van der Waals surface area contributed by atoms with Gasteiger partial charge in [-0.1, -0.05) is 37.1 Å². The summed E-state index contributed by atoms with van der Waals surface area (Å²) in [6.45, 7) is 0. The lowest BCUT2D eigenvalue weighted by molar-refractivity contribution is -0.121. The summed E-state index contributed by atoms with van der Waals surface area (Å²) < 4.78 is 0. The van der Waals surface area contributed by atoms with Gasteiger partial charge in [0, 0.05) is 12.3 Å². The number of rotatable bonds is 3. The first kappa shape index (κ1) is 10.8. The lowest BCUT2D eigenvalue weighted by Gasteiger charge is -2.29. The minimum atomic E-state index is 0.459. The molecular formula is C17H20O. The second kappa shape index (κ2) is 3.94. The fourth-order valence-electron chi connectivity index (χ4n) is 4.39. The number of hydrogen-bond donors (Lipinski definition) is 0. The van der Waals surface area contributed by atoms with E-state index in [1.165, 1.54) is 36.8 Å². The molecule has 3 aliphatic rings. The minimum Gasteiger partial charge on any atom is -0.299 e. The van der Waals surface area contributed by atoms with Crippen LogP contribution in [0.3, 0.4) is 0 Å². The quantitative estimate of drug-likeness (QED) is 0.787. The SMILES string of the molecule is O=C(CC1Cc2ccccc21)C1C2CCCCC21. The maximum atomic E-state index is 12.4. The Labute approximate surface area is 109 Å². The van der Waals surface area contributed by atoms with E-state index in [-0.39, 0.29) is 0 Å². The van der Waals surface area contributed by atoms with Gasteiger partial charge in [0.25, 0.3) is 0 Å². The molecule has 3 unspecified atom stereocenters. The first-order valence-electron chi connectivity index (χ1n) is 7.45. The van der Waals surface area contributed by atoms with Crippen LogP contribution in [0.1, 0.15) is 49.1 Å². The van der Waals surface area contributed by atoms with Gasteiger partial charge >= 0.3 is 0 Å². The van der Waals surface area contributed by atoms with E-state index in [9.17, 15) is 4.79 Å². The number of fused-ring (bicyclic) bond motifs is 2. The molecule has 1 aromatic rings. The Hall–Kier alpha value is -1.11. The van der Waals surface area contributed by atoms with Gasteiger partial charge in [0.1, 0.15) is 5.78 Å². The molecule has 0 saturated heterocycles. The second-order valence-corrected chi connectivity index (χ2v) is 6.41. The lowest BCUT2D eigenvalue weighted by atomic mass is 9.74. The van der Waals surface area contributed by atoms with Crippen molar-refractivity contribution in [1.29, 1.82) is 0 Å². The maximum Gasteiger partial charge on any atom is 0.137 e. The van der Waals surface area contributed by atoms with Crippen molar-refractivity contribution in [2.45, 2.75) is 44.4 Å². The number of carbonyl (C=O) groups is 1. The van der Waals surface area contributed by atoms with Crippen molar-refractivity contribution < 1.29 is 4.79 Å². The topological polar surface area (TPSA) is 17.1 Å². The largest absolute Gasteiger partial charge is 0.299 e. The molecule has 0 heterocycles. The highest BCUT2D eigenvalue weighted by atomic mass is 16.1. The molecule has 0 aromatic heterocycles. The molecule has 18 heavy (non-hydrogen) atoms. The van der Waals surface area contributed by atoms with Gasteiger partial charge in [-0.15, -0.1) is 0 Å². The number of benzene rings is 1. The Kier molecular flexibility index (Phi) is 2.36. The van der Waals surface area contributed by atoms with Crippen molar-refractivity contribution >= 4 is 5.78 Å². The zero-order valence-corrected chi connectivity index (χ0v) is 10.8. The molecule has 0 radical (unpaired) electrons. The minimum absolute atomic E-state index is 0.459. The van der Waals surface area contributed by atoms with E-state index < -0.39 is 0 Å². The number of ketones is 1. The number of Topliss-reactive ketones (excluding diaryl/α,β-unsaturated/α-hetero) is 1. The Morgan fingerprint density at radius 2 is 1.83 bits per heavy atom. The summed E-state index contributed by atoms with van der Waals surface area (Å²) in [5.41, 5.74) is 2.90. The van der Waals surface area contributed by atoms with E-state index in [1.807, 2.05) is 0 Å². The predicted octanol–water partition coefficient (Wildman–Crippen LogP) is 3.72. The molecule has 0 amide bonds. The molecule has 1 aromatic carbocycles. The van der Waals surface area contributed by atoms with Crippen molar-refractivity contribution in [3.05, 3.63) is 35.4 Å². The van der Waals surface area contributed by atoms with Gasteiger partial charge < -0.3 is 0 Å². The highest BCUT2D eigenvalue weighted by Crippen LogP contribution is 2.57. The van der Waals surface area contributed by atoms with Crippen molar-refractivity contribution in [2.24, 2.45) is 17.8 Å². The first-order valence-corrected chi connectivity index (χ1v) is 7.45. The standard InChI is InChI=1S/C17H20O/c18-16(17-14-7-3-4-8-15(14)17)10-12-9-11-5-1-2-6-13(11)12/h1-2,5-6,12,14-15,17H,3-4,7-10H2. The van der Waals surface area contributed by atoms with Crippen LogP contribution in [0.4, 0.5) is 0 Å². The fourth-order valence-corrected chi connectivity index (χ4v) is 4.39. The fraction of sp³-hybridized carbons (Fsp3) is 0.588. The normalized spacial score (nSPS) is 36.2. The summed E-state index contributed by atoms with van der Waals surface area (Å²) in [5, 5.41) is 0. The van der Waals surface area contributed by atoms with E-state index >= 15 is 0 Å². The molecule has 1 nitrogen and oxygen atoms in total. The third-order valence-corrected chi connectivity index (χ3v) is 5.44. The van der Waals surface area contributed by atoms with Crippen molar-refractivity contribution in [3.63, 3.8) is 0 Å². The monoisotopic (exact) mass is 240 g/mol. The van der Waals surface area contributed by atoms with Gasteiger partial charge in [-0.25, -0.2) is 0 Å². The van der Waals surface area contributed by atoms with Crippen LogP contribution in [-0.2, 0) is 11.2 Å². The summed E-state index contributed by atoms with van der Waals surface area (Å²) in [7, 11) is 0. The molecule has 0 spiro atoms. The maximum absolute atomic E-state index is 12.4. The van der Waals surface area contributed by atoms with Crippen LogP contribution in [0.2, 0.25) is 0 Å². The van der Waals surface area contributed by atoms with Gasteiger partial charge in [-0.2, -0.15) is 0 Å². The zero-order valence-electron chi connectivity index (χ0n) is 10.8. The molecule has 4 rings (SSSR count). The van der Waals surface area contributed by atoms with Crippen LogP contribution in [0.5, 0.6) is 0 Å². The smallest absolute Gasteiger partial charge is 0.137 e. The summed E-state index contributed by atoms with van der Waals surface area (Å²) in [4.78, 5) is 12.4. The molecule has 3 atom stereocenters. The summed E-state index contributed by atoms with van der Waals surface area (Å²) in [6, 6.07) is 8.61. The average molecular weight is 240 g/mol. The van der Waals surface area contributed by atoms with Crippen LogP contribution in [0.25, 0.3) is 0 Å². The summed E-state index contributed by atoms with van der Waals surface area (Å²) in [6.07, 6.45) is 7.30. The Bertz CT molecular complexity index is 478. The van der Waals surface area contributed by atoms with Crippen LogP contribution in [0.15, 0.2) is 24.3 Å². The summed E-state index contributed by atoms with van der Waals surface area (Å²) in [5.74, 6) is 3.13. The van der Waals surface area contributed by atoms with Gasteiger partial charge in [0.2, 0.25) is 0 Å². The van der Waals surface area contributed by atoms with Crippen LogP contribution in [-0.4, -0.2) is 5.78 Å². The summed E-state index contributed by atoms with van der Waals surface area (Å²) >= 11 is 0. The number of hydrogen-bond acceptors (Lipinski definition) is 1. The van der Waals surface area contributed by atoms with Crippen molar-refractivity contribution in [1.82, 2.24) is 0 Å². The van der Waals surface area contributed by atoms with Crippen LogP contribution < -0.4 is 0 Å². The first-order chi connectivity index (χ1) is 8.84. The van der Waals surface area contributed by atoms with E-state index in [2.05, 4.69) is 24.3 Å². The van der Waals surface area contributed by atoms with E-state index in [4.69, 9.17) is 0 Å². The third-order valence-electron chi connectivity index (χ3n) is 5.44. The molecule has 0 aliphatic heterocycles. The molecule has 3 aliphatic carbocycles. The predicted molar refractivity (Wildman–Crippen MR) is 71.4 cm³/mol. The average Bonchev–Trinajstić information content (AvgIpc) is 3.10. The van der Waals surface area contributed by atoms with E-state index in [1.54, 1.807) is 0 Å². The van der Waals surface area contributed by atoms with Crippen LogP contribution in [0, 0.1) is 17.8 Å². The molecule has 0 N–H and O–H groups in total. The molecule has 2 fully saturated rings. The van der Waals surface area contributed by atoms with Gasteiger partial charge in [-0.05, 0) is 48.1 Å². The van der Waals surface area contributed by atoms with Gasteiger partial charge in [0.05, 0.1) is 0 Å². The van der Waals surface area contributed by atoms with Crippen molar-refractivity contribution in [2.75, 3.05) is 0 Å². The zero-order chi connectivity index (χ0) is 12.1. The highest BCUT2D eigenvalue weighted by Gasteiger charge is 2.54. The molecule has 1 heteroatoms. The molecule has 0 bridgehead atoms. The highest BCUT2D eigenvalue weighted by molar-refractivity contribution is 5.85. The molecule has 94 valence electrons. The number of carbonyl (C=O) groups excluding carboxylic acids is 1. The van der Waals surface area contributed by atoms with Crippen molar-refractivity contribution in [3.8, 4) is 0 Å². The van der Waals surface area contributed by atoms with Gasteiger partial charge in [-0.3, -0.25) is 4.79 Å². The molecular weight excluding hydrogens is 220 g/mol. The van der Waals surface area contributed by atoms with E-state index in [0.717, 1.165) is 24.7 Å². The Morgan fingerprint density at radius 1 is 1.11 bits per heavy atom. The molecule has 2 saturated carbocycles. The van der Waals surface area contributed by atoms with E-state index in [0.29, 0.717) is 17.6 Å². The lowest BCUT2D eigenvalue weighted by Crippen LogP contribution is -2.21. The van der Waals surface area contributed by atoms with Crippen LogP contribution >= 0.6 is 0 Å².